The molecule has 0 unspecified atom stereocenters. The molecule has 0 amide bonds. The number of hydrogen-bond acceptors (Lipinski definition) is 7. The van der Waals surface area contributed by atoms with Crippen LogP contribution in [0.15, 0.2) is 229 Å². The summed E-state index contributed by atoms with van der Waals surface area (Å²) in [5.41, 5.74) is 11.9. The van der Waals surface area contributed by atoms with Gasteiger partial charge in [-0.2, -0.15) is 0 Å². The molecule has 0 aliphatic carbocycles. The average Bonchev–Trinajstić information content (AvgIpc) is 3.97. The first-order valence-electron chi connectivity index (χ1n) is 22.5. The van der Waals surface area contributed by atoms with Crippen molar-refractivity contribution in [1.29, 1.82) is 0 Å². The molecule has 0 fully saturated rings. The molecule has 0 radical (unpaired) electrons. The van der Waals surface area contributed by atoms with Gasteiger partial charge in [-0.1, -0.05) is 182 Å². The van der Waals surface area contributed by atoms with E-state index in [0.29, 0.717) is 46.1 Å². The summed E-state index contributed by atoms with van der Waals surface area (Å²) in [6.45, 7) is 0. The van der Waals surface area contributed by atoms with E-state index in [2.05, 4.69) is 114 Å². The quantitative estimate of drug-likeness (QED) is 0.150. The van der Waals surface area contributed by atoms with E-state index in [1.54, 1.807) is 0 Å². The van der Waals surface area contributed by atoms with Crippen molar-refractivity contribution >= 4 is 43.7 Å². The summed E-state index contributed by atoms with van der Waals surface area (Å²) in [5.74, 6) is 3.34. The summed E-state index contributed by atoms with van der Waals surface area (Å²) >= 11 is 0. The maximum Gasteiger partial charge on any atom is 0.167 e. The average molecular weight is 872 g/mol. The van der Waals surface area contributed by atoms with Crippen LogP contribution in [-0.4, -0.2) is 34.5 Å². The molecule has 0 aliphatic heterocycles. The van der Waals surface area contributed by atoms with Crippen molar-refractivity contribution in [3.8, 4) is 85.1 Å². The molecule has 9 aromatic carbocycles. The van der Waals surface area contributed by atoms with Crippen LogP contribution in [0.2, 0.25) is 0 Å². The smallest absolute Gasteiger partial charge is 0.167 e. The van der Waals surface area contributed by atoms with Crippen LogP contribution in [0.3, 0.4) is 0 Å². The zero-order chi connectivity index (χ0) is 45.0. The molecule has 318 valence electrons. The second-order valence-corrected chi connectivity index (χ2v) is 16.7. The van der Waals surface area contributed by atoms with Crippen molar-refractivity contribution in [2.45, 2.75) is 0 Å². The molecule has 0 N–H and O–H groups in total. The Bertz CT molecular complexity index is 4020. The fourth-order valence-electron chi connectivity index (χ4n) is 9.31. The van der Waals surface area contributed by atoms with E-state index in [-0.39, 0.29) is 0 Å². The van der Waals surface area contributed by atoms with Gasteiger partial charge < -0.3 is 8.98 Å². The van der Waals surface area contributed by atoms with Crippen molar-refractivity contribution in [2.24, 2.45) is 0 Å². The van der Waals surface area contributed by atoms with Crippen LogP contribution in [0.25, 0.3) is 129 Å². The van der Waals surface area contributed by atoms with Crippen LogP contribution in [0.1, 0.15) is 0 Å². The Balaban J connectivity index is 0.962. The zero-order valence-electron chi connectivity index (χ0n) is 36.4. The molecule has 8 nitrogen and oxygen atoms in total. The lowest BCUT2D eigenvalue weighted by atomic mass is 9.99. The Morgan fingerprint density at radius 1 is 0.279 bits per heavy atom. The highest BCUT2D eigenvalue weighted by Gasteiger charge is 2.21. The fraction of sp³-hybridized carbons (Fsp3) is 0. The molecule has 8 heteroatoms. The van der Waals surface area contributed by atoms with Crippen LogP contribution in [0.4, 0.5) is 0 Å². The third-order valence-electron chi connectivity index (χ3n) is 12.5. The highest BCUT2D eigenvalue weighted by Crippen LogP contribution is 2.40. The molecule has 13 aromatic rings. The number of hydrogen-bond donors (Lipinski definition) is 0. The number of rotatable bonds is 8. The second-order valence-electron chi connectivity index (χ2n) is 16.7. The molecule has 0 saturated heterocycles. The number of aromatic nitrogens is 7. The maximum absolute atomic E-state index is 6.88. The van der Waals surface area contributed by atoms with Gasteiger partial charge >= 0.3 is 0 Å². The lowest BCUT2D eigenvalue weighted by Gasteiger charge is -2.12. The molecular formula is C60H37N7O. The highest BCUT2D eigenvalue weighted by atomic mass is 16.3. The van der Waals surface area contributed by atoms with Gasteiger partial charge in [0.1, 0.15) is 11.2 Å². The molecule has 0 atom stereocenters. The van der Waals surface area contributed by atoms with Crippen molar-refractivity contribution in [3.05, 3.63) is 224 Å². The molecule has 13 rings (SSSR count). The van der Waals surface area contributed by atoms with Crippen molar-refractivity contribution in [3.63, 3.8) is 0 Å². The molecule has 0 bridgehead atoms. The Kier molecular flexibility index (Phi) is 9.31. The summed E-state index contributed by atoms with van der Waals surface area (Å²) < 4.78 is 9.19. The Labute approximate surface area is 390 Å². The van der Waals surface area contributed by atoms with Gasteiger partial charge in [0.2, 0.25) is 0 Å². The summed E-state index contributed by atoms with van der Waals surface area (Å²) in [6.07, 6.45) is 0. The van der Waals surface area contributed by atoms with Gasteiger partial charge in [0.15, 0.2) is 34.9 Å². The number of fused-ring (bicyclic) bond motifs is 6. The van der Waals surface area contributed by atoms with Crippen molar-refractivity contribution in [2.75, 3.05) is 0 Å². The number of benzene rings is 9. The monoisotopic (exact) mass is 871 g/mol. The number of furan rings is 1. The molecular weight excluding hydrogens is 835 g/mol. The minimum Gasteiger partial charge on any atom is -0.455 e. The maximum atomic E-state index is 6.88. The van der Waals surface area contributed by atoms with Gasteiger partial charge in [-0.05, 0) is 53.6 Å². The number of nitrogens with zero attached hydrogens (tertiary/aromatic N) is 7. The van der Waals surface area contributed by atoms with Crippen molar-refractivity contribution in [1.82, 2.24) is 34.5 Å². The first-order valence-corrected chi connectivity index (χ1v) is 22.5. The van der Waals surface area contributed by atoms with Gasteiger partial charge in [-0.25, -0.2) is 29.9 Å². The molecule has 0 aliphatic rings. The molecule has 4 heterocycles. The Morgan fingerprint density at radius 3 is 1.40 bits per heavy atom. The van der Waals surface area contributed by atoms with Gasteiger partial charge in [-0.3, -0.25) is 0 Å². The zero-order valence-corrected chi connectivity index (χ0v) is 36.4. The third-order valence-corrected chi connectivity index (χ3v) is 12.5. The third kappa shape index (κ3) is 6.78. The summed E-state index contributed by atoms with van der Waals surface area (Å²) in [7, 11) is 0. The van der Waals surface area contributed by atoms with Crippen LogP contribution < -0.4 is 0 Å². The fourth-order valence-corrected chi connectivity index (χ4v) is 9.31. The van der Waals surface area contributed by atoms with E-state index in [9.17, 15) is 0 Å². The van der Waals surface area contributed by atoms with Gasteiger partial charge in [0.05, 0.1) is 16.6 Å². The van der Waals surface area contributed by atoms with E-state index in [4.69, 9.17) is 34.3 Å². The minimum absolute atomic E-state index is 0.508. The lowest BCUT2D eigenvalue weighted by molar-refractivity contribution is 0.669. The molecule has 0 saturated carbocycles. The van der Waals surface area contributed by atoms with Crippen LogP contribution in [0, 0.1) is 0 Å². The molecule has 68 heavy (non-hydrogen) atoms. The topological polar surface area (TPSA) is 95.4 Å². The normalized spacial score (nSPS) is 11.5. The molecule has 4 aromatic heterocycles. The Morgan fingerprint density at radius 2 is 0.735 bits per heavy atom. The van der Waals surface area contributed by atoms with Crippen LogP contribution in [-0.2, 0) is 0 Å². The largest absolute Gasteiger partial charge is 0.455 e. The van der Waals surface area contributed by atoms with E-state index in [0.717, 1.165) is 77.4 Å². The van der Waals surface area contributed by atoms with E-state index in [1.165, 1.54) is 5.39 Å². The lowest BCUT2D eigenvalue weighted by Crippen LogP contribution is -2.01. The predicted molar refractivity (Wildman–Crippen MR) is 273 cm³/mol. The van der Waals surface area contributed by atoms with Gasteiger partial charge in [-0.15, -0.1) is 0 Å². The van der Waals surface area contributed by atoms with E-state index < -0.39 is 0 Å². The minimum atomic E-state index is 0.508. The Hall–Kier alpha value is -9.40. The SMILES string of the molecule is c1ccc(-c2nc(-c3ccc4c(c3)oc3c(-c5nc(-c6ccccc6)nc(-c6ccc7c8ccccc8n(-c8ccccc8)c7c6)n5)cccc34)nc(-c3ccccc3-c3ccccc3)n2)cc1. The number of para-hydroxylation sites is 3. The van der Waals surface area contributed by atoms with Crippen LogP contribution in [0.5, 0.6) is 0 Å². The van der Waals surface area contributed by atoms with E-state index in [1.807, 2.05) is 115 Å². The van der Waals surface area contributed by atoms with Crippen LogP contribution >= 0.6 is 0 Å². The summed E-state index contributed by atoms with van der Waals surface area (Å²) in [5, 5.41) is 4.23. The predicted octanol–water partition coefficient (Wildman–Crippen LogP) is 14.7. The summed E-state index contributed by atoms with van der Waals surface area (Å²) in [4.78, 5) is 30.8. The molecule has 0 spiro atoms. The van der Waals surface area contributed by atoms with Crippen molar-refractivity contribution < 1.29 is 4.42 Å². The van der Waals surface area contributed by atoms with E-state index >= 15 is 0 Å². The first kappa shape index (κ1) is 39.0. The van der Waals surface area contributed by atoms with Gasteiger partial charge in [0, 0.05) is 55.0 Å². The van der Waals surface area contributed by atoms with Gasteiger partial charge in [0.25, 0.3) is 0 Å². The standard InChI is InChI=1S/C60H37N7O/c1-5-18-38(19-6-1)44-26-13-14-28-49(44)59-63-55(39-20-7-2-8-21-39)62-58(65-59)42-33-35-47-48-29-17-30-50(54(48)68-53(47)37-42)60-64-56(40-22-9-3-10-23-40)61-57(66-60)41-32-34-46-45-27-15-16-31-51(45)67(52(46)36-41)43-24-11-4-12-25-43/h1-37H. The second kappa shape index (κ2) is 16.2. The first-order chi connectivity index (χ1) is 33.7. The highest BCUT2D eigenvalue weighted by molar-refractivity contribution is 6.11. The summed E-state index contributed by atoms with van der Waals surface area (Å²) in [6, 6.07) is 76.4.